The summed E-state index contributed by atoms with van der Waals surface area (Å²) < 4.78 is 5.11. The average Bonchev–Trinajstić information content (AvgIpc) is 2.73. The predicted octanol–water partition coefficient (Wildman–Crippen LogP) is 5.68. The molecule has 30 heavy (non-hydrogen) atoms. The summed E-state index contributed by atoms with van der Waals surface area (Å²) in [6.45, 7) is 4.27. The van der Waals surface area contributed by atoms with Crippen LogP contribution in [0.3, 0.4) is 0 Å². The van der Waals surface area contributed by atoms with Crippen molar-refractivity contribution in [1.29, 1.82) is 0 Å². The van der Waals surface area contributed by atoms with Crippen LogP contribution in [0, 0.1) is 0 Å². The summed E-state index contributed by atoms with van der Waals surface area (Å²) in [6, 6.07) is 5.94. The summed E-state index contributed by atoms with van der Waals surface area (Å²) >= 11 is 0. The van der Waals surface area contributed by atoms with E-state index in [0.29, 0.717) is 12.8 Å². The Hall–Kier alpha value is -2.04. The number of rotatable bonds is 17. The largest absolute Gasteiger partial charge is 0.508 e. The van der Waals surface area contributed by atoms with Gasteiger partial charge in [-0.25, -0.2) is 4.79 Å². The molecule has 1 atom stereocenters. The molecule has 5 heteroatoms. The third-order valence-electron chi connectivity index (χ3n) is 5.29. The van der Waals surface area contributed by atoms with Crippen molar-refractivity contribution in [3.05, 3.63) is 29.8 Å². The number of aromatic hydroxyl groups is 1. The Morgan fingerprint density at radius 1 is 0.867 bits per heavy atom. The standard InChI is InChI=1S/C25H41NO4/c1-3-5-6-7-8-9-10-11-12-13-14-15-24(28)26-23(25(29)30-4-2)20-21-16-18-22(27)19-17-21/h16-19,23,27H,3-15,20H2,1-2H3,(H,26,28). The first-order chi connectivity index (χ1) is 14.6. The maximum atomic E-state index is 12.3. The zero-order valence-corrected chi connectivity index (χ0v) is 19.0. The number of hydrogen-bond donors (Lipinski definition) is 2. The number of phenolic OH excluding ortho intramolecular Hbond substituents is 1. The summed E-state index contributed by atoms with van der Waals surface area (Å²) in [7, 11) is 0. The van der Waals surface area contributed by atoms with Crippen LogP contribution in [-0.2, 0) is 20.7 Å². The molecule has 0 saturated carbocycles. The summed E-state index contributed by atoms with van der Waals surface area (Å²) in [4.78, 5) is 24.5. The summed E-state index contributed by atoms with van der Waals surface area (Å²) in [6.07, 6.45) is 14.4. The minimum atomic E-state index is -0.699. The molecule has 0 saturated heterocycles. The van der Waals surface area contributed by atoms with Crippen LogP contribution in [0.25, 0.3) is 0 Å². The van der Waals surface area contributed by atoms with Gasteiger partial charge in [0.15, 0.2) is 0 Å². The maximum absolute atomic E-state index is 12.3. The third-order valence-corrected chi connectivity index (χ3v) is 5.29. The summed E-state index contributed by atoms with van der Waals surface area (Å²) in [5, 5.41) is 12.2. The number of amides is 1. The number of esters is 1. The molecule has 1 unspecified atom stereocenters. The quantitative estimate of drug-likeness (QED) is 0.251. The molecule has 0 radical (unpaired) electrons. The molecule has 0 aliphatic rings. The number of unbranched alkanes of at least 4 members (excludes halogenated alkanes) is 10. The molecule has 0 bridgehead atoms. The fraction of sp³-hybridized carbons (Fsp3) is 0.680. The lowest BCUT2D eigenvalue weighted by Gasteiger charge is -2.17. The highest BCUT2D eigenvalue weighted by molar-refractivity contribution is 5.84. The van der Waals surface area contributed by atoms with E-state index in [9.17, 15) is 14.7 Å². The molecule has 2 N–H and O–H groups in total. The van der Waals surface area contributed by atoms with Crippen LogP contribution < -0.4 is 5.32 Å². The van der Waals surface area contributed by atoms with Crippen molar-refractivity contribution in [1.82, 2.24) is 5.32 Å². The number of nitrogens with one attached hydrogen (secondary N) is 1. The summed E-state index contributed by atoms with van der Waals surface area (Å²) in [5.41, 5.74) is 0.862. The van der Waals surface area contributed by atoms with Crippen molar-refractivity contribution >= 4 is 11.9 Å². The van der Waals surface area contributed by atoms with E-state index in [1.807, 2.05) is 0 Å². The lowest BCUT2D eigenvalue weighted by molar-refractivity contribution is -0.147. The zero-order valence-electron chi connectivity index (χ0n) is 19.0. The topological polar surface area (TPSA) is 75.6 Å². The highest BCUT2D eigenvalue weighted by Crippen LogP contribution is 2.13. The molecule has 170 valence electrons. The molecular formula is C25H41NO4. The second kappa shape index (κ2) is 16.7. The highest BCUT2D eigenvalue weighted by Gasteiger charge is 2.22. The number of carbonyl (C=O) groups excluding carboxylic acids is 2. The van der Waals surface area contributed by atoms with Crippen LogP contribution in [-0.4, -0.2) is 29.6 Å². The molecule has 0 aromatic heterocycles. The van der Waals surface area contributed by atoms with E-state index in [1.54, 1.807) is 31.2 Å². The lowest BCUT2D eigenvalue weighted by Crippen LogP contribution is -2.43. The van der Waals surface area contributed by atoms with Crippen LogP contribution in [0.4, 0.5) is 0 Å². The molecule has 0 aliphatic heterocycles. The number of benzene rings is 1. The summed E-state index contributed by atoms with van der Waals surface area (Å²) in [5.74, 6) is -0.354. The maximum Gasteiger partial charge on any atom is 0.328 e. The van der Waals surface area contributed by atoms with Crippen LogP contribution in [0.2, 0.25) is 0 Å². The molecule has 0 spiro atoms. The molecule has 5 nitrogen and oxygen atoms in total. The van der Waals surface area contributed by atoms with Crippen molar-refractivity contribution in [3.8, 4) is 5.75 Å². The first-order valence-corrected chi connectivity index (χ1v) is 11.8. The Morgan fingerprint density at radius 2 is 1.40 bits per heavy atom. The Kier molecular flexibility index (Phi) is 14.5. The van der Waals surface area contributed by atoms with E-state index in [0.717, 1.165) is 24.8 Å². The van der Waals surface area contributed by atoms with Gasteiger partial charge in [0, 0.05) is 12.8 Å². The number of hydrogen-bond acceptors (Lipinski definition) is 4. The van der Waals surface area contributed by atoms with Gasteiger partial charge in [0.1, 0.15) is 11.8 Å². The monoisotopic (exact) mass is 419 g/mol. The molecule has 0 fully saturated rings. The van der Waals surface area contributed by atoms with Gasteiger partial charge >= 0.3 is 5.97 Å². The van der Waals surface area contributed by atoms with Crippen molar-refractivity contribution in [2.75, 3.05) is 6.61 Å². The number of ether oxygens (including phenoxy) is 1. The Balaban J connectivity index is 2.23. The van der Waals surface area contributed by atoms with Crippen LogP contribution >= 0.6 is 0 Å². The van der Waals surface area contributed by atoms with Gasteiger partial charge in [0.25, 0.3) is 0 Å². The smallest absolute Gasteiger partial charge is 0.328 e. The highest BCUT2D eigenvalue weighted by atomic mass is 16.5. The van der Waals surface area contributed by atoms with Gasteiger partial charge in [0.05, 0.1) is 6.61 Å². The molecule has 1 aromatic rings. The SMILES string of the molecule is CCCCCCCCCCCCCC(=O)NC(Cc1ccc(O)cc1)C(=O)OCC. The second-order valence-electron chi connectivity index (χ2n) is 8.03. The lowest BCUT2D eigenvalue weighted by atomic mass is 10.0. The van der Waals surface area contributed by atoms with Crippen molar-refractivity contribution in [3.63, 3.8) is 0 Å². The van der Waals surface area contributed by atoms with Crippen LogP contribution in [0.1, 0.15) is 96.5 Å². The van der Waals surface area contributed by atoms with Gasteiger partial charge in [-0.05, 0) is 31.0 Å². The van der Waals surface area contributed by atoms with Crippen LogP contribution in [0.15, 0.2) is 24.3 Å². The van der Waals surface area contributed by atoms with Gasteiger partial charge in [-0.2, -0.15) is 0 Å². The number of phenols is 1. The fourth-order valence-electron chi connectivity index (χ4n) is 3.52. The van der Waals surface area contributed by atoms with Gasteiger partial charge in [0.2, 0.25) is 5.91 Å². The third kappa shape index (κ3) is 12.5. The van der Waals surface area contributed by atoms with Crippen molar-refractivity contribution < 1.29 is 19.4 Å². The first-order valence-electron chi connectivity index (χ1n) is 11.8. The Morgan fingerprint density at radius 3 is 1.93 bits per heavy atom. The van der Waals surface area contributed by atoms with Gasteiger partial charge in [-0.1, -0.05) is 83.3 Å². The van der Waals surface area contributed by atoms with E-state index in [2.05, 4.69) is 12.2 Å². The molecule has 1 rings (SSSR count). The predicted molar refractivity (Wildman–Crippen MR) is 121 cm³/mol. The van der Waals surface area contributed by atoms with Crippen LogP contribution in [0.5, 0.6) is 5.75 Å². The Bertz CT molecular complexity index is 585. The van der Waals surface area contributed by atoms with E-state index in [1.165, 1.54) is 51.4 Å². The van der Waals surface area contributed by atoms with E-state index in [4.69, 9.17) is 4.74 Å². The van der Waals surface area contributed by atoms with E-state index in [-0.39, 0.29) is 18.3 Å². The van der Waals surface area contributed by atoms with E-state index < -0.39 is 12.0 Å². The van der Waals surface area contributed by atoms with E-state index >= 15 is 0 Å². The normalized spacial score (nSPS) is 11.8. The first kappa shape index (κ1) is 26.0. The number of carbonyl (C=O) groups is 2. The average molecular weight is 420 g/mol. The molecule has 0 heterocycles. The molecule has 0 aliphatic carbocycles. The van der Waals surface area contributed by atoms with Gasteiger partial charge < -0.3 is 15.2 Å². The van der Waals surface area contributed by atoms with Gasteiger partial charge in [-0.3, -0.25) is 4.79 Å². The molecule has 1 aromatic carbocycles. The molecule has 1 amide bonds. The zero-order chi connectivity index (χ0) is 22.0. The minimum Gasteiger partial charge on any atom is -0.508 e. The van der Waals surface area contributed by atoms with Gasteiger partial charge in [-0.15, -0.1) is 0 Å². The van der Waals surface area contributed by atoms with Crippen molar-refractivity contribution in [2.24, 2.45) is 0 Å². The van der Waals surface area contributed by atoms with Crippen molar-refractivity contribution in [2.45, 2.75) is 103 Å². The fourth-order valence-corrected chi connectivity index (χ4v) is 3.52. The molecular weight excluding hydrogens is 378 g/mol. The Labute approximate surface area is 182 Å². The minimum absolute atomic E-state index is 0.109. The second-order valence-corrected chi connectivity index (χ2v) is 8.03.